The van der Waals surface area contributed by atoms with Crippen LogP contribution in [0.15, 0.2) is 48.7 Å². The number of aryl methyl sites for hydroxylation is 1. The van der Waals surface area contributed by atoms with Crippen LogP contribution in [0, 0.1) is 18.7 Å². The highest BCUT2D eigenvalue weighted by atomic mass is 19.1. The number of ether oxygens (including phenoxy) is 1. The third-order valence-electron chi connectivity index (χ3n) is 5.37. The minimum atomic E-state index is -0.393. The van der Waals surface area contributed by atoms with Gasteiger partial charge in [-0.2, -0.15) is 0 Å². The molecule has 0 aliphatic carbocycles. The van der Waals surface area contributed by atoms with Crippen LogP contribution in [-0.4, -0.2) is 41.5 Å². The molecule has 2 aromatic carbocycles. The van der Waals surface area contributed by atoms with Gasteiger partial charge >= 0.3 is 0 Å². The van der Waals surface area contributed by atoms with E-state index in [1.807, 2.05) is 17.0 Å². The van der Waals surface area contributed by atoms with Crippen LogP contribution in [0.2, 0.25) is 0 Å². The van der Waals surface area contributed by atoms with Gasteiger partial charge in [0, 0.05) is 29.6 Å². The molecule has 1 atom stereocenters. The minimum absolute atomic E-state index is 0.121. The molecule has 3 rings (SSSR count). The maximum atomic E-state index is 14.0. The van der Waals surface area contributed by atoms with Crippen LogP contribution in [0.5, 0.6) is 5.75 Å². The molecule has 2 aromatic rings. The van der Waals surface area contributed by atoms with Crippen molar-refractivity contribution in [3.05, 3.63) is 76.7 Å². The van der Waals surface area contributed by atoms with Gasteiger partial charge in [0.2, 0.25) is 0 Å². The Kier molecular flexibility index (Phi) is 6.10. The second-order valence-electron chi connectivity index (χ2n) is 7.71. The summed E-state index contributed by atoms with van der Waals surface area (Å²) in [5.74, 6) is 0.0337. The van der Waals surface area contributed by atoms with Gasteiger partial charge < -0.3 is 19.8 Å². The van der Waals surface area contributed by atoms with Gasteiger partial charge in [0.05, 0.1) is 19.3 Å². The fraction of sp³-hybridized carbons (Fsp3) is 0.333. The number of fused-ring (bicyclic) bond motifs is 1. The fourth-order valence-corrected chi connectivity index (χ4v) is 3.88. The molecular weight excluding hydrogens is 369 g/mol. The van der Waals surface area contributed by atoms with Gasteiger partial charge in [-0.05, 0) is 59.9 Å². The molecule has 0 aromatic heterocycles. The normalized spacial score (nSPS) is 15.1. The van der Waals surface area contributed by atoms with Crippen molar-refractivity contribution in [3.63, 3.8) is 0 Å². The molecule has 0 saturated heterocycles. The number of aliphatic hydroxyl groups is 1. The van der Waals surface area contributed by atoms with Gasteiger partial charge in [0.15, 0.2) is 0 Å². The number of rotatable bonds is 6. The monoisotopic (exact) mass is 397 g/mol. The fourth-order valence-electron chi connectivity index (χ4n) is 3.88. The number of methoxy groups -OCH3 is 1. The number of hydrogen-bond acceptors (Lipinski definition) is 4. The number of aliphatic hydroxyl groups excluding tert-OH is 1. The number of hydrogen-bond donors (Lipinski definition) is 2. The van der Waals surface area contributed by atoms with Crippen molar-refractivity contribution in [2.24, 2.45) is 5.92 Å². The molecule has 2 N–H and O–H groups in total. The van der Waals surface area contributed by atoms with Gasteiger partial charge in [-0.3, -0.25) is 0 Å². The van der Waals surface area contributed by atoms with E-state index in [4.69, 9.17) is 4.74 Å². The highest BCUT2D eigenvalue weighted by Crippen LogP contribution is 2.44. The molecule has 1 aliphatic rings. The zero-order valence-corrected chi connectivity index (χ0v) is 17.4. The Bertz CT molecular complexity index is 961. The molecule has 0 saturated carbocycles. The predicted molar refractivity (Wildman–Crippen MR) is 114 cm³/mol. The first-order valence-corrected chi connectivity index (χ1v) is 9.73. The first-order valence-electron chi connectivity index (χ1n) is 9.73. The highest BCUT2D eigenvalue weighted by molar-refractivity contribution is 5.92. The third-order valence-corrected chi connectivity index (χ3v) is 5.37. The second kappa shape index (κ2) is 8.39. The van der Waals surface area contributed by atoms with Gasteiger partial charge in [-0.15, -0.1) is 0 Å². The minimum Gasteiger partial charge on any atom is -0.508 e. The Morgan fingerprint density at radius 2 is 1.86 bits per heavy atom. The summed E-state index contributed by atoms with van der Waals surface area (Å²) in [6, 6.07) is 10.3. The molecule has 0 radical (unpaired) electrons. The molecule has 29 heavy (non-hydrogen) atoms. The second-order valence-corrected chi connectivity index (χ2v) is 7.71. The zero-order valence-electron chi connectivity index (χ0n) is 17.4. The summed E-state index contributed by atoms with van der Waals surface area (Å²) < 4.78 is 19.4. The number of phenolic OH excluding ortho intramolecular Hbond substituents is 1. The van der Waals surface area contributed by atoms with Crippen molar-refractivity contribution in [1.29, 1.82) is 0 Å². The van der Waals surface area contributed by atoms with Crippen molar-refractivity contribution in [2.45, 2.75) is 26.9 Å². The molecule has 0 amide bonds. The van der Waals surface area contributed by atoms with E-state index in [0.717, 1.165) is 33.7 Å². The van der Waals surface area contributed by atoms with Gasteiger partial charge in [-0.25, -0.2) is 4.39 Å². The lowest BCUT2D eigenvalue weighted by Gasteiger charge is -2.40. The first kappa shape index (κ1) is 21.1. The molecule has 154 valence electrons. The van der Waals surface area contributed by atoms with Crippen LogP contribution in [0.25, 0.3) is 11.3 Å². The SMILES string of the molecule is C=C1c2cc(O)ccc2C(c2ccc(F)c(C)c2)=C(C(C)C)N1CC(CO)OC. The molecule has 4 nitrogen and oxygen atoms in total. The van der Waals surface area contributed by atoms with Crippen LogP contribution in [0.4, 0.5) is 4.39 Å². The van der Waals surface area contributed by atoms with Crippen molar-refractivity contribution < 1.29 is 19.3 Å². The third kappa shape index (κ3) is 3.93. The average molecular weight is 397 g/mol. The molecule has 1 unspecified atom stereocenters. The molecule has 1 aliphatic heterocycles. The van der Waals surface area contributed by atoms with Crippen LogP contribution < -0.4 is 0 Å². The highest BCUT2D eigenvalue weighted by Gasteiger charge is 2.32. The van der Waals surface area contributed by atoms with E-state index in [0.29, 0.717) is 12.1 Å². The lowest BCUT2D eigenvalue weighted by Crippen LogP contribution is -2.37. The van der Waals surface area contributed by atoms with E-state index < -0.39 is 6.10 Å². The molecule has 5 heteroatoms. The summed E-state index contributed by atoms with van der Waals surface area (Å²) in [7, 11) is 1.57. The first-order chi connectivity index (χ1) is 13.8. The van der Waals surface area contributed by atoms with E-state index in [2.05, 4.69) is 20.4 Å². The number of benzene rings is 2. The standard InChI is InChI=1S/C24H28FNO3/c1-14(2)24-23(17-6-9-22(25)15(3)10-17)20-8-7-18(28)11-21(20)16(4)26(24)12-19(13-27)29-5/h6-11,14,19,27-28H,4,12-13H2,1-3,5H3. The average Bonchev–Trinajstić information content (AvgIpc) is 2.69. The summed E-state index contributed by atoms with van der Waals surface area (Å²) in [6.07, 6.45) is -0.393. The number of allylic oxidation sites excluding steroid dienone is 1. The van der Waals surface area contributed by atoms with Crippen LogP contribution >= 0.6 is 0 Å². The topological polar surface area (TPSA) is 52.9 Å². The lowest BCUT2D eigenvalue weighted by atomic mass is 9.83. The van der Waals surface area contributed by atoms with E-state index in [9.17, 15) is 14.6 Å². The Balaban J connectivity index is 2.31. The maximum absolute atomic E-state index is 14.0. The number of halogens is 1. The smallest absolute Gasteiger partial charge is 0.126 e. The Morgan fingerprint density at radius 3 is 2.45 bits per heavy atom. The summed E-state index contributed by atoms with van der Waals surface area (Å²) in [5.41, 5.74) is 5.94. The van der Waals surface area contributed by atoms with Crippen LogP contribution in [0.3, 0.4) is 0 Å². The van der Waals surface area contributed by atoms with Crippen molar-refractivity contribution in [2.75, 3.05) is 20.3 Å². The number of nitrogens with zero attached hydrogens (tertiary/aromatic N) is 1. The van der Waals surface area contributed by atoms with Gasteiger partial charge in [-0.1, -0.05) is 26.5 Å². The summed E-state index contributed by atoms with van der Waals surface area (Å²) in [6.45, 7) is 10.5. The van der Waals surface area contributed by atoms with E-state index in [-0.39, 0.29) is 24.1 Å². The molecule has 1 heterocycles. The van der Waals surface area contributed by atoms with Gasteiger partial charge in [0.1, 0.15) is 11.6 Å². The van der Waals surface area contributed by atoms with Crippen molar-refractivity contribution in [3.8, 4) is 5.75 Å². The van der Waals surface area contributed by atoms with E-state index in [1.165, 1.54) is 6.07 Å². The van der Waals surface area contributed by atoms with Crippen LogP contribution in [0.1, 0.15) is 36.1 Å². The Hall–Kier alpha value is -2.63. The van der Waals surface area contributed by atoms with E-state index in [1.54, 1.807) is 32.2 Å². The predicted octanol–water partition coefficient (Wildman–Crippen LogP) is 4.55. The van der Waals surface area contributed by atoms with Crippen molar-refractivity contribution >= 4 is 11.3 Å². The number of aromatic hydroxyl groups is 1. The van der Waals surface area contributed by atoms with Crippen molar-refractivity contribution in [1.82, 2.24) is 4.90 Å². The summed E-state index contributed by atoms with van der Waals surface area (Å²) >= 11 is 0. The summed E-state index contributed by atoms with van der Waals surface area (Å²) in [4.78, 5) is 2.05. The number of phenols is 1. The largest absolute Gasteiger partial charge is 0.508 e. The quantitative estimate of drug-likeness (QED) is 0.751. The molecule has 0 bridgehead atoms. The van der Waals surface area contributed by atoms with Crippen LogP contribution in [-0.2, 0) is 4.74 Å². The molecular formula is C24H28FNO3. The molecule has 0 fully saturated rings. The summed E-state index contributed by atoms with van der Waals surface area (Å²) in [5, 5.41) is 19.8. The lowest BCUT2D eigenvalue weighted by molar-refractivity contribution is 0.0364. The Morgan fingerprint density at radius 1 is 1.14 bits per heavy atom. The van der Waals surface area contributed by atoms with Gasteiger partial charge in [0.25, 0.3) is 0 Å². The zero-order chi connectivity index (χ0) is 21.3. The Labute approximate surface area is 171 Å². The maximum Gasteiger partial charge on any atom is 0.126 e. The van der Waals surface area contributed by atoms with E-state index >= 15 is 0 Å². The molecule has 0 spiro atoms.